The van der Waals surface area contributed by atoms with E-state index in [1.807, 2.05) is 18.7 Å². The molecule has 17 heavy (non-hydrogen) atoms. The zero-order valence-corrected chi connectivity index (χ0v) is 11.6. The fraction of sp³-hybridized carbons (Fsp3) is 0.923. The Bertz CT molecular complexity index is 245. The highest BCUT2D eigenvalue weighted by atomic mass is 16.2. The fourth-order valence-corrected chi connectivity index (χ4v) is 2.35. The third-order valence-electron chi connectivity index (χ3n) is 3.55. The molecule has 1 amide bonds. The van der Waals surface area contributed by atoms with E-state index in [1.165, 1.54) is 0 Å². The average molecular weight is 241 g/mol. The number of hydrogen-bond acceptors (Lipinski definition) is 3. The van der Waals surface area contributed by atoms with Gasteiger partial charge in [-0.05, 0) is 38.8 Å². The van der Waals surface area contributed by atoms with Gasteiger partial charge in [0.15, 0.2) is 0 Å². The van der Waals surface area contributed by atoms with Gasteiger partial charge in [-0.25, -0.2) is 0 Å². The van der Waals surface area contributed by atoms with Crippen LogP contribution in [0.3, 0.4) is 0 Å². The van der Waals surface area contributed by atoms with Crippen LogP contribution in [0.5, 0.6) is 0 Å². The molecule has 0 aliphatic carbocycles. The second-order valence-corrected chi connectivity index (χ2v) is 5.80. The van der Waals surface area contributed by atoms with Crippen LogP contribution in [0.4, 0.5) is 0 Å². The first-order valence-electron chi connectivity index (χ1n) is 6.61. The Kier molecular flexibility index (Phi) is 5.40. The molecule has 0 saturated carbocycles. The number of piperidine rings is 1. The Morgan fingerprint density at radius 3 is 2.29 bits per heavy atom. The van der Waals surface area contributed by atoms with Crippen molar-refractivity contribution in [1.82, 2.24) is 9.80 Å². The van der Waals surface area contributed by atoms with Crippen LogP contribution in [0.25, 0.3) is 0 Å². The lowest BCUT2D eigenvalue weighted by atomic mass is 9.95. The van der Waals surface area contributed by atoms with Crippen molar-refractivity contribution in [3.05, 3.63) is 0 Å². The Hall–Kier alpha value is -0.610. The van der Waals surface area contributed by atoms with E-state index < -0.39 is 0 Å². The lowest BCUT2D eigenvalue weighted by Gasteiger charge is -2.35. The van der Waals surface area contributed by atoms with Crippen molar-refractivity contribution >= 4 is 5.91 Å². The summed E-state index contributed by atoms with van der Waals surface area (Å²) in [6.07, 6.45) is 2.21. The first kappa shape index (κ1) is 14.5. The zero-order chi connectivity index (χ0) is 13.0. The van der Waals surface area contributed by atoms with E-state index >= 15 is 0 Å². The van der Waals surface area contributed by atoms with Gasteiger partial charge in [0.05, 0.1) is 6.04 Å². The Labute approximate surface area is 105 Å². The number of hydrogen-bond donors (Lipinski definition) is 1. The van der Waals surface area contributed by atoms with Gasteiger partial charge in [0, 0.05) is 19.6 Å². The van der Waals surface area contributed by atoms with Crippen molar-refractivity contribution in [1.29, 1.82) is 0 Å². The van der Waals surface area contributed by atoms with Gasteiger partial charge < -0.3 is 15.5 Å². The minimum absolute atomic E-state index is 0.128. The van der Waals surface area contributed by atoms with Crippen molar-refractivity contribution in [2.45, 2.75) is 32.7 Å². The minimum Gasteiger partial charge on any atom is -0.341 e. The van der Waals surface area contributed by atoms with Crippen molar-refractivity contribution in [3.63, 3.8) is 0 Å². The Morgan fingerprint density at radius 1 is 1.35 bits per heavy atom. The second kappa shape index (κ2) is 6.36. The third kappa shape index (κ3) is 4.28. The molecule has 2 N–H and O–H groups in total. The van der Waals surface area contributed by atoms with Gasteiger partial charge >= 0.3 is 0 Å². The average Bonchev–Trinajstić information content (AvgIpc) is 2.27. The summed E-state index contributed by atoms with van der Waals surface area (Å²) in [5, 5.41) is 0. The van der Waals surface area contributed by atoms with Crippen molar-refractivity contribution in [2.24, 2.45) is 17.6 Å². The Morgan fingerprint density at radius 2 is 1.88 bits per heavy atom. The summed E-state index contributed by atoms with van der Waals surface area (Å²) < 4.78 is 0. The molecule has 0 aromatic carbocycles. The largest absolute Gasteiger partial charge is 0.341 e. The number of rotatable bonds is 4. The molecule has 1 atom stereocenters. The van der Waals surface area contributed by atoms with Crippen LogP contribution in [0.1, 0.15) is 26.7 Å². The lowest BCUT2D eigenvalue weighted by molar-refractivity contribution is -0.135. The molecule has 1 aliphatic heterocycles. The van der Waals surface area contributed by atoms with Gasteiger partial charge in [-0.2, -0.15) is 0 Å². The summed E-state index contributed by atoms with van der Waals surface area (Å²) in [4.78, 5) is 16.2. The van der Waals surface area contributed by atoms with Gasteiger partial charge in [-0.15, -0.1) is 0 Å². The molecule has 0 aromatic rings. The molecule has 0 radical (unpaired) electrons. The smallest absolute Gasteiger partial charge is 0.239 e. The first-order chi connectivity index (χ1) is 7.91. The fourth-order valence-electron chi connectivity index (χ4n) is 2.35. The number of nitrogens with zero attached hydrogens (tertiary/aromatic N) is 2. The predicted molar refractivity (Wildman–Crippen MR) is 70.7 cm³/mol. The molecular weight excluding hydrogens is 214 g/mol. The molecular formula is C13H27N3O. The topological polar surface area (TPSA) is 49.6 Å². The maximum Gasteiger partial charge on any atom is 0.239 e. The van der Waals surface area contributed by atoms with Crippen molar-refractivity contribution < 1.29 is 4.79 Å². The highest BCUT2D eigenvalue weighted by molar-refractivity contribution is 5.82. The maximum atomic E-state index is 12.1. The van der Waals surface area contributed by atoms with Crippen LogP contribution < -0.4 is 5.73 Å². The highest BCUT2D eigenvalue weighted by Gasteiger charge is 2.27. The molecule has 0 aromatic heterocycles. The number of carbonyl (C=O) groups is 1. The van der Waals surface area contributed by atoms with Gasteiger partial charge in [0.1, 0.15) is 0 Å². The standard InChI is InChI=1S/C13H27N3O/c1-10(2)12(14)13(17)16-7-5-11(6-8-16)9-15(3)4/h10-12H,5-9,14H2,1-4H3/t12-/m1/s1. The van der Waals surface area contributed by atoms with Crippen LogP contribution in [0.15, 0.2) is 0 Å². The van der Waals surface area contributed by atoms with E-state index in [4.69, 9.17) is 5.73 Å². The number of likely N-dealkylation sites (tertiary alicyclic amines) is 1. The number of carbonyl (C=O) groups excluding carboxylic acids is 1. The van der Waals surface area contributed by atoms with Crippen LogP contribution in [0, 0.1) is 11.8 Å². The SMILES string of the molecule is CC(C)[C@@H](N)C(=O)N1CCC(CN(C)C)CC1. The summed E-state index contributed by atoms with van der Waals surface area (Å²) in [7, 11) is 4.21. The molecule has 4 heteroatoms. The summed E-state index contributed by atoms with van der Waals surface area (Å²) in [5.41, 5.74) is 5.91. The van der Waals surface area contributed by atoms with Crippen LogP contribution >= 0.6 is 0 Å². The van der Waals surface area contributed by atoms with Crippen LogP contribution in [-0.2, 0) is 4.79 Å². The molecule has 1 rings (SSSR count). The monoisotopic (exact) mass is 241 g/mol. The summed E-state index contributed by atoms with van der Waals surface area (Å²) in [6.45, 7) is 6.87. The van der Waals surface area contributed by atoms with E-state index in [0.717, 1.165) is 38.4 Å². The normalized spacial score (nSPS) is 20.1. The first-order valence-corrected chi connectivity index (χ1v) is 6.61. The van der Waals surface area contributed by atoms with Crippen molar-refractivity contribution in [2.75, 3.05) is 33.7 Å². The van der Waals surface area contributed by atoms with E-state index in [1.54, 1.807) is 0 Å². The summed E-state index contributed by atoms with van der Waals surface area (Å²) in [5.74, 6) is 1.08. The highest BCUT2D eigenvalue weighted by Crippen LogP contribution is 2.19. The molecule has 1 aliphatic rings. The predicted octanol–water partition coefficient (Wildman–Crippen LogP) is 0.770. The molecule has 0 bridgehead atoms. The third-order valence-corrected chi connectivity index (χ3v) is 3.55. The van der Waals surface area contributed by atoms with Gasteiger partial charge in [-0.1, -0.05) is 13.8 Å². The molecule has 0 unspecified atom stereocenters. The maximum absolute atomic E-state index is 12.1. The molecule has 100 valence electrons. The second-order valence-electron chi connectivity index (χ2n) is 5.80. The summed E-state index contributed by atoms with van der Waals surface area (Å²) in [6, 6.07) is -0.333. The Balaban J connectivity index is 2.39. The zero-order valence-electron chi connectivity index (χ0n) is 11.6. The molecule has 1 saturated heterocycles. The van der Waals surface area contributed by atoms with E-state index in [0.29, 0.717) is 0 Å². The van der Waals surface area contributed by atoms with E-state index in [9.17, 15) is 4.79 Å². The molecule has 1 heterocycles. The number of amides is 1. The molecule has 1 fully saturated rings. The van der Waals surface area contributed by atoms with E-state index in [-0.39, 0.29) is 17.9 Å². The van der Waals surface area contributed by atoms with Gasteiger partial charge in [0.25, 0.3) is 0 Å². The van der Waals surface area contributed by atoms with Crippen LogP contribution in [-0.4, -0.2) is 55.5 Å². The van der Waals surface area contributed by atoms with E-state index in [2.05, 4.69) is 19.0 Å². The summed E-state index contributed by atoms with van der Waals surface area (Å²) >= 11 is 0. The van der Waals surface area contributed by atoms with Gasteiger partial charge in [0.2, 0.25) is 5.91 Å². The quantitative estimate of drug-likeness (QED) is 0.791. The minimum atomic E-state index is -0.333. The van der Waals surface area contributed by atoms with Crippen LogP contribution in [0.2, 0.25) is 0 Å². The lowest BCUT2D eigenvalue weighted by Crippen LogP contribution is -2.49. The molecule has 0 spiro atoms. The number of nitrogens with two attached hydrogens (primary N) is 1. The molecule has 4 nitrogen and oxygen atoms in total. The van der Waals surface area contributed by atoms with Crippen molar-refractivity contribution in [3.8, 4) is 0 Å². The van der Waals surface area contributed by atoms with Gasteiger partial charge in [-0.3, -0.25) is 4.79 Å².